The maximum atomic E-state index is 12.8. The molecule has 0 heterocycles. The van der Waals surface area contributed by atoms with Crippen molar-refractivity contribution in [3.05, 3.63) is 65.5 Å². The second-order valence-electron chi connectivity index (χ2n) is 4.99. The molecule has 2 aromatic carbocycles. The van der Waals surface area contributed by atoms with Gasteiger partial charge in [0.2, 0.25) is 0 Å². The lowest BCUT2D eigenvalue weighted by molar-refractivity contribution is -0.136. The molecular formula is C19H17FO5. The first-order valence-electron chi connectivity index (χ1n) is 7.39. The smallest absolute Gasteiger partial charge is 0.331 e. The zero-order valence-electron chi connectivity index (χ0n) is 13.8. The Kier molecular flexibility index (Phi) is 6.28. The van der Waals surface area contributed by atoms with Gasteiger partial charge in [0.1, 0.15) is 5.82 Å². The molecule has 2 aromatic rings. The van der Waals surface area contributed by atoms with Crippen molar-refractivity contribution in [2.24, 2.45) is 0 Å². The summed E-state index contributed by atoms with van der Waals surface area (Å²) in [6.45, 7) is -0.416. The number of carbonyl (C=O) groups is 2. The summed E-state index contributed by atoms with van der Waals surface area (Å²) in [5, 5.41) is 0. The third kappa shape index (κ3) is 5.17. The predicted molar refractivity (Wildman–Crippen MR) is 90.3 cm³/mol. The highest BCUT2D eigenvalue weighted by molar-refractivity contribution is 5.98. The Morgan fingerprint density at radius 1 is 1.00 bits per heavy atom. The van der Waals surface area contributed by atoms with E-state index in [-0.39, 0.29) is 5.56 Å². The molecule has 0 fully saturated rings. The molecular weight excluding hydrogens is 327 g/mol. The van der Waals surface area contributed by atoms with E-state index in [9.17, 15) is 14.0 Å². The zero-order chi connectivity index (χ0) is 18.2. The maximum Gasteiger partial charge on any atom is 0.331 e. The molecule has 0 aliphatic carbocycles. The molecule has 2 rings (SSSR count). The standard InChI is InChI=1S/C19H17FO5/c1-23-17-9-3-13(11-18(17)24-2)4-10-19(22)25-12-16(21)14-5-7-15(20)8-6-14/h3-11H,12H2,1-2H3/b10-4+. The predicted octanol–water partition coefficient (Wildman–Crippen LogP) is 3.28. The fourth-order valence-corrected chi connectivity index (χ4v) is 2.02. The van der Waals surface area contributed by atoms with Crippen LogP contribution in [0.4, 0.5) is 4.39 Å². The lowest BCUT2D eigenvalue weighted by Crippen LogP contribution is -2.12. The topological polar surface area (TPSA) is 61.8 Å². The van der Waals surface area contributed by atoms with Crippen LogP contribution in [0.25, 0.3) is 6.08 Å². The van der Waals surface area contributed by atoms with E-state index in [4.69, 9.17) is 14.2 Å². The van der Waals surface area contributed by atoms with Crippen LogP contribution in [-0.2, 0) is 9.53 Å². The largest absolute Gasteiger partial charge is 0.493 e. The van der Waals surface area contributed by atoms with Crippen molar-refractivity contribution in [2.75, 3.05) is 20.8 Å². The molecule has 130 valence electrons. The van der Waals surface area contributed by atoms with E-state index in [0.717, 1.165) is 0 Å². The van der Waals surface area contributed by atoms with E-state index in [2.05, 4.69) is 0 Å². The molecule has 0 saturated heterocycles. The van der Waals surface area contributed by atoms with E-state index in [0.29, 0.717) is 17.1 Å². The van der Waals surface area contributed by atoms with Crippen molar-refractivity contribution in [3.63, 3.8) is 0 Å². The van der Waals surface area contributed by atoms with Crippen molar-refractivity contribution in [1.82, 2.24) is 0 Å². The molecule has 5 nitrogen and oxygen atoms in total. The summed E-state index contributed by atoms with van der Waals surface area (Å²) >= 11 is 0. The lowest BCUT2D eigenvalue weighted by atomic mass is 10.1. The number of Topliss-reactive ketones (excluding diaryl/α,β-unsaturated/α-hetero) is 1. The number of rotatable bonds is 7. The minimum absolute atomic E-state index is 0.276. The molecule has 0 bridgehead atoms. The summed E-state index contributed by atoms with van der Waals surface area (Å²) < 4.78 is 28.0. The number of halogens is 1. The minimum Gasteiger partial charge on any atom is -0.493 e. The van der Waals surface area contributed by atoms with Gasteiger partial charge in [-0.25, -0.2) is 9.18 Å². The maximum absolute atomic E-state index is 12.8. The van der Waals surface area contributed by atoms with Crippen LogP contribution in [0.3, 0.4) is 0 Å². The number of esters is 1. The van der Waals surface area contributed by atoms with Crippen LogP contribution < -0.4 is 9.47 Å². The van der Waals surface area contributed by atoms with E-state index < -0.39 is 24.2 Å². The van der Waals surface area contributed by atoms with Crippen LogP contribution in [-0.4, -0.2) is 32.6 Å². The monoisotopic (exact) mass is 344 g/mol. The molecule has 0 N–H and O–H groups in total. The van der Waals surface area contributed by atoms with Crippen LogP contribution in [0.15, 0.2) is 48.5 Å². The quantitative estimate of drug-likeness (QED) is 0.438. The van der Waals surface area contributed by atoms with E-state index in [1.165, 1.54) is 50.6 Å². The van der Waals surface area contributed by atoms with E-state index in [1.807, 2.05) is 0 Å². The molecule has 0 saturated carbocycles. The van der Waals surface area contributed by atoms with Crippen molar-refractivity contribution in [1.29, 1.82) is 0 Å². The van der Waals surface area contributed by atoms with Crippen LogP contribution in [0, 0.1) is 5.82 Å². The number of carbonyl (C=O) groups excluding carboxylic acids is 2. The number of methoxy groups -OCH3 is 2. The minimum atomic E-state index is -0.662. The summed E-state index contributed by atoms with van der Waals surface area (Å²) in [5.74, 6) is -0.402. The summed E-state index contributed by atoms with van der Waals surface area (Å²) in [6, 6.07) is 10.2. The second-order valence-corrected chi connectivity index (χ2v) is 4.99. The SMILES string of the molecule is COc1ccc(/C=C/C(=O)OCC(=O)c2ccc(F)cc2)cc1OC. The Labute approximate surface area is 144 Å². The van der Waals surface area contributed by atoms with Crippen molar-refractivity contribution >= 4 is 17.8 Å². The molecule has 0 radical (unpaired) electrons. The number of hydrogen-bond acceptors (Lipinski definition) is 5. The third-order valence-electron chi connectivity index (χ3n) is 3.33. The Morgan fingerprint density at radius 2 is 1.68 bits per heavy atom. The van der Waals surface area contributed by atoms with Gasteiger partial charge < -0.3 is 14.2 Å². The van der Waals surface area contributed by atoms with Crippen molar-refractivity contribution in [3.8, 4) is 11.5 Å². The van der Waals surface area contributed by atoms with Gasteiger partial charge in [0.15, 0.2) is 23.9 Å². The van der Waals surface area contributed by atoms with Gasteiger partial charge in [0, 0.05) is 11.6 Å². The average molecular weight is 344 g/mol. The Bertz CT molecular complexity index is 781. The van der Waals surface area contributed by atoms with Crippen LogP contribution >= 0.6 is 0 Å². The number of ketones is 1. The molecule has 0 aromatic heterocycles. The summed E-state index contributed by atoms with van der Waals surface area (Å²) in [7, 11) is 3.05. The first-order chi connectivity index (χ1) is 12.0. The Morgan fingerprint density at radius 3 is 2.32 bits per heavy atom. The zero-order valence-corrected chi connectivity index (χ0v) is 13.8. The van der Waals surface area contributed by atoms with Crippen molar-refractivity contribution in [2.45, 2.75) is 0 Å². The number of ether oxygens (including phenoxy) is 3. The first kappa shape index (κ1) is 18.2. The summed E-state index contributed by atoms with van der Waals surface area (Å²) in [5.41, 5.74) is 0.984. The van der Waals surface area contributed by atoms with E-state index in [1.54, 1.807) is 18.2 Å². The van der Waals surface area contributed by atoms with Gasteiger partial charge in [-0.2, -0.15) is 0 Å². The van der Waals surface area contributed by atoms with Gasteiger partial charge in [-0.1, -0.05) is 6.07 Å². The fraction of sp³-hybridized carbons (Fsp3) is 0.158. The fourth-order valence-electron chi connectivity index (χ4n) is 2.02. The molecule has 0 atom stereocenters. The van der Waals surface area contributed by atoms with Gasteiger partial charge in [-0.3, -0.25) is 4.79 Å². The summed E-state index contributed by atoms with van der Waals surface area (Å²) in [6.07, 6.45) is 2.74. The molecule has 6 heteroatoms. The molecule has 0 unspecified atom stereocenters. The number of hydrogen-bond donors (Lipinski definition) is 0. The Hall–Kier alpha value is -3.15. The highest BCUT2D eigenvalue weighted by Gasteiger charge is 2.09. The molecule has 0 aliphatic heterocycles. The lowest BCUT2D eigenvalue weighted by Gasteiger charge is -2.07. The molecule has 0 spiro atoms. The Balaban J connectivity index is 1.92. The van der Waals surface area contributed by atoms with Crippen molar-refractivity contribution < 1.29 is 28.2 Å². The van der Waals surface area contributed by atoms with Gasteiger partial charge in [-0.15, -0.1) is 0 Å². The molecule has 0 aliphatic rings. The van der Waals surface area contributed by atoms with E-state index >= 15 is 0 Å². The van der Waals surface area contributed by atoms with Crippen LogP contribution in [0.5, 0.6) is 11.5 Å². The van der Waals surface area contributed by atoms with Gasteiger partial charge in [0.25, 0.3) is 0 Å². The highest BCUT2D eigenvalue weighted by atomic mass is 19.1. The van der Waals surface area contributed by atoms with Gasteiger partial charge >= 0.3 is 5.97 Å². The average Bonchev–Trinajstić information content (AvgIpc) is 2.64. The first-order valence-corrected chi connectivity index (χ1v) is 7.39. The second kappa shape index (κ2) is 8.63. The van der Waals surface area contributed by atoms with Crippen LogP contribution in [0.1, 0.15) is 15.9 Å². The molecule has 0 amide bonds. The normalized spacial score (nSPS) is 10.5. The number of benzene rings is 2. The van der Waals surface area contributed by atoms with Gasteiger partial charge in [-0.05, 0) is 48.0 Å². The molecule has 25 heavy (non-hydrogen) atoms. The van der Waals surface area contributed by atoms with Crippen LogP contribution in [0.2, 0.25) is 0 Å². The third-order valence-corrected chi connectivity index (χ3v) is 3.33. The summed E-state index contributed by atoms with van der Waals surface area (Å²) in [4.78, 5) is 23.5. The highest BCUT2D eigenvalue weighted by Crippen LogP contribution is 2.27. The van der Waals surface area contributed by atoms with Gasteiger partial charge in [0.05, 0.1) is 14.2 Å².